The highest BCUT2D eigenvalue weighted by Gasteiger charge is 2.13. The van der Waals surface area contributed by atoms with Gasteiger partial charge in [0.2, 0.25) is 0 Å². The molecule has 0 aliphatic carbocycles. The number of aliphatic hydroxyl groups is 1. The Bertz CT molecular complexity index is 620. The Morgan fingerprint density at radius 1 is 0.641 bits per heavy atom. The van der Waals surface area contributed by atoms with Gasteiger partial charge in [-0.15, -0.1) is 0 Å². The highest BCUT2D eigenvalue weighted by molar-refractivity contribution is 5.69. The lowest BCUT2D eigenvalue weighted by Crippen LogP contribution is -2.27. The van der Waals surface area contributed by atoms with E-state index in [2.05, 4.69) is 62.5 Å². The second-order valence-corrected chi connectivity index (χ2v) is 10.5. The van der Waals surface area contributed by atoms with Crippen LogP contribution in [0.15, 0.2) is 48.6 Å². The number of allylic oxidation sites excluding steroid dienone is 8. The standard InChI is InChI=1S/C35H62O4/c1-3-5-7-9-11-13-14-15-16-17-18-19-20-21-23-25-27-29-31-38-33-34(32-36)39-35(37)30-28-26-24-22-12-10-8-6-4-2/h5,7,11,13,15-16,18-19,34,36H,3-4,6,8-10,12,14,17,20-33H2,1-2H3/b7-5-,13-11-,16-15-,19-18-. The molecule has 0 aromatic rings. The molecule has 0 saturated carbocycles. The van der Waals surface area contributed by atoms with Gasteiger partial charge in [-0.05, 0) is 51.4 Å². The van der Waals surface area contributed by atoms with Gasteiger partial charge in [0, 0.05) is 13.0 Å². The maximum Gasteiger partial charge on any atom is 0.306 e. The van der Waals surface area contributed by atoms with Crippen molar-refractivity contribution >= 4 is 5.97 Å². The van der Waals surface area contributed by atoms with Crippen LogP contribution < -0.4 is 0 Å². The van der Waals surface area contributed by atoms with E-state index in [0.717, 1.165) is 57.8 Å². The molecule has 1 N–H and O–H groups in total. The van der Waals surface area contributed by atoms with Crippen LogP contribution in [-0.4, -0.2) is 37.0 Å². The number of carbonyl (C=O) groups excluding carboxylic acids is 1. The first-order chi connectivity index (χ1) is 19.2. The first-order valence-electron chi connectivity index (χ1n) is 16.2. The zero-order valence-electron chi connectivity index (χ0n) is 25.6. The van der Waals surface area contributed by atoms with Crippen molar-refractivity contribution in [3.8, 4) is 0 Å². The molecular weight excluding hydrogens is 484 g/mol. The lowest BCUT2D eigenvalue weighted by atomic mass is 10.1. The molecule has 39 heavy (non-hydrogen) atoms. The zero-order chi connectivity index (χ0) is 28.5. The Labute approximate surface area is 242 Å². The van der Waals surface area contributed by atoms with Gasteiger partial charge in [0.15, 0.2) is 0 Å². The molecule has 4 nitrogen and oxygen atoms in total. The quantitative estimate of drug-likeness (QED) is 0.0576. The Morgan fingerprint density at radius 3 is 1.74 bits per heavy atom. The second-order valence-electron chi connectivity index (χ2n) is 10.5. The van der Waals surface area contributed by atoms with Crippen molar-refractivity contribution in [3.05, 3.63) is 48.6 Å². The van der Waals surface area contributed by atoms with Crippen LogP contribution in [0, 0.1) is 0 Å². The summed E-state index contributed by atoms with van der Waals surface area (Å²) < 4.78 is 11.0. The molecule has 0 heterocycles. The number of hydrogen-bond acceptors (Lipinski definition) is 4. The maximum atomic E-state index is 12.0. The van der Waals surface area contributed by atoms with Gasteiger partial charge in [-0.2, -0.15) is 0 Å². The van der Waals surface area contributed by atoms with Crippen LogP contribution in [0.2, 0.25) is 0 Å². The molecule has 1 unspecified atom stereocenters. The Kier molecular flexibility index (Phi) is 31.2. The van der Waals surface area contributed by atoms with Crippen molar-refractivity contribution in [2.75, 3.05) is 19.8 Å². The van der Waals surface area contributed by atoms with E-state index >= 15 is 0 Å². The number of rotatable bonds is 29. The predicted molar refractivity (Wildman–Crippen MR) is 168 cm³/mol. The van der Waals surface area contributed by atoms with E-state index in [1.807, 2.05) is 0 Å². The van der Waals surface area contributed by atoms with Gasteiger partial charge in [-0.25, -0.2) is 0 Å². The van der Waals surface area contributed by atoms with E-state index in [9.17, 15) is 9.90 Å². The van der Waals surface area contributed by atoms with Gasteiger partial charge in [-0.1, -0.05) is 133 Å². The highest BCUT2D eigenvalue weighted by Crippen LogP contribution is 2.11. The normalized spacial score (nSPS) is 13.0. The Balaban J connectivity index is 3.51. The Hall–Kier alpha value is -1.65. The second kappa shape index (κ2) is 32.6. The summed E-state index contributed by atoms with van der Waals surface area (Å²) in [5.74, 6) is -0.214. The fraction of sp³-hybridized carbons (Fsp3) is 0.743. The number of esters is 1. The minimum absolute atomic E-state index is 0.180. The highest BCUT2D eigenvalue weighted by atomic mass is 16.6. The first kappa shape index (κ1) is 37.4. The summed E-state index contributed by atoms with van der Waals surface area (Å²) in [5.41, 5.74) is 0. The average Bonchev–Trinajstić information content (AvgIpc) is 2.94. The fourth-order valence-electron chi connectivity index (χ4n) is 4.26. The lowest BCUT2D eigenvalue weighted by Gasteiger charge is -2.15. The average molecular weight is 547 g/mol. The van der Waals surface area contributed by atoms with Crippen LogP contribution in [0.5, 0.6) is 0 Å². The molecule has 0 bridgehead atoms. The van der Waals surface area contributed by atoms with Crippen LogP contribution in [0.4, 0.5) is 0 Å². The van der Waals surface area contributed by atoms with Gasteiger partial charge in [0.05, 0.1) is 13.2 Å². The molecule has 0 aliphatic rings. The number of hydrogen-bond donors (Lipinski definition) is 1. The Morgan fingerprint density at radius 2 is 1.15 bits per heavy atom. The molecule has 0 aromatic carbocycles. The molecule has 0 aliphatic heterocycles. The number of carbonyl (C=O) groups is 1. The number of aliphatic hydroxyl groups excluding tert-OH is 1. The third kappa shape index (κ3) is 30.7. The van der Waals surface area contributed by atoms with Crippen molar-refractivity contribution in [2.45, 2.75) is 148 Å². The lowest BCUT2D eigenvalue weighted by molar-refractivity contribution is -0.154. The van der Waals surface area contributed by atoms with Gasteiger partial charge in [0.1, 0.15) is 6.10 Å². The van der Waals surface area contributed by atoms with E-state index < -0.39 is 6.10 Å². The fourth-order valence-corrected chi connectivity index (χ4v) is 4.26. The molecule has 4 heteroatoms. The molecule has 0 spiro atoms. The predicted octanol–water partition coefficient (Wildman–Crippen LogP) is 9.97. The van der Waals surface area contributed by atoms with Crippen LogP contribution in [0.25, 0.3) is 0 Å². The van der Waals surface area contributed by atoms with E-state index in [0.29, 0.717) is 13.0 Å². The molecule has 0 saturated heterocycles. The summed E-state index contributed by atoms with van der Waals surface area (Å²) in [6.07, 6.45) is 40.0. The summed E-state index contributed by atoms with van der Waals surface area (Å²) >= 11 is 0. The summed E-state index contributed by atoms with van der Waals surface area (Å²) in [7, 11) is 0. The van der Waals surface area contributed by atoms with Gasteiger partial charge in [0.25, 0.3) is 0 Å². The molecule has 0 fully saturated rings. The maximum absolute atomic E-state index is 12.0. The summed E-state index contributed by atoms with van der Waals surface area (Å²) in [4.78, 5) is 12.0. The third-order valence-corrected chi connectivity index (χ3v) is 6.67. The number of ether oxygens (including phenoxy) is 2. The van der Waals surface area contributed by atoms with Gasteiger partial charge in [-0.3, -0.25) is 4.79 Å². The molecule has 0 aromatic heterocycles. The smallest absolute Gasteiger partial charge is 0.306 e. The summed E-state index contributed by atoms with van der Waals surface area (Å²) in [6, 6.07) is 0. The van der Waals surface area contributed by atoms with Crippen molar-refractivity contribution < 1.29 is 19.4 Å². The van der Waals surface area contributed by atoms with E-state index in [1.54, 1.807) is 0 Å². The summed E-state index contributed by atoms with van der Waals surface area (Å²) in [6.45, 7) is 5.16. The SMILES string of the molecule is CC/C=C\C/C=C\C/C=C\C/C=C\CCCCCCCOCC(CO)OC(=O)CCCCCCCCCCC. The number of unbranched alkanes of at least 4 members (excludes halogenated alkanes) is 13. The van der Waals surface area contributed by atoms with E-state index in [4.69, 9.17) is 9.47 Å². The molecule has 0 radical (unpaired) electrons. The molecule has 226 valence electrons. The largest absolute Gasteiger partial charge is 0.457 e. The topological polar surface area (TPSA) is 55.8 Å². The van der Waals surface area contributed by atoms with Crippen LogP contribution >= 0.6 is 0 Å². The van der Waals surface area contributed by atoms with Crippen LogP contribution in [0.1, 0.15) is 142 Å². The molecule has 0 rings (SSSR count). The minimum atomic E-state index is -0.540. The monoisotopic (exact) mass is 546 g/mol. The molecular formula is C35H62O4. The van der Waals surface area contributed by atoms with Crippen molar-refractivity contribution in [1.82, 2.24) is 0 Å². The van der Waals surface area contributed by atoms with Crippen molar-refractivity contribution in [1.29, 1.82) is 0 Å². The third-order valence-electron chi connectivity index (χ3n) is 6.67. The van der Waals surface area contributed by atoms with Gasteiger partial charge >= 0.3 is 5.97 Å². The zero-order valence-corrected chi connectivity index (χ0v) is 25.6. The van der Waals surface area contributed by atoms with Gasteiger partial charge < -0.3 is 14.6 Å². The first-order valence-corrected chi connectivity index (χ1v) is 16.2. The molecule has 0 amide bonds. The minimum Gasteiger partial charge on any atom is -0.457 e. The van der Waals surface area contributed by atoms with E-state index in [-0.39, 0.29) is 19.2 Å². The van der Waals surface area contributed by atoms with Crippen molar-refractivity contribution in [2.24, 2.45) is 0 Å². The molecule has 1 atom stereocenters. The van der Waals surface area contributed by atoms with Crippen LogP contribution in [0.3, 0.4) is 0 Å². The summed E-state index contributed by atoms with van der Waals surface area (Å²) in [5, 5.41) is 9.49. The van der Waals surface area contributed by atoms with E-state index in [1.165, 1.54) is 64.2 Å². The van der Waals surface area contributed by atoms with Crippen LogP contribution in [-0.2, 0) is 14.3 Å². The van der Waals surface area contributed by atoms with Crippen molar-refractivity contribution in [3.63, 3.8) is 0 Å².